The lowest BCUT2D eigenvalue weighted by atomic mass is 9.91. The van der Waals surface area contributed by atoms with Gasteiger partial charge in [-0.3, -0.25) is 0 Å². The molecule has 0 saturated carbocycles. The van der Waals surface area contributed by atoms with Crippen molar-refractivity contribution in [3.8, 4) is 61.7 Å². The molecule has 5 heteroatoms. The standard InChI is InChI=1S/C53H32N4S/c1-54-40-27-29-47-45(33-40)44-30-38(34-16-6-2-7-17-34)26-28-46(44)57(47)51-42(35-18-8-3-9-19-35)31-39(32-43(51)36-20-10-4-11-21-36)49-52-50(41-24-14-15-25-48(41)58-52)56-53(55-49)37-22-12-5-13-23-37/h2-33H. The highest BCUT2D eigenvalue weighted by Gasteiger charge is 2.24. The largest absolute Gasteiger partial charge is 0.308 e. The zero-order chi connectivity index (χ0) is 38.6. The quantitative estimate of drug-likeness (QED) is 0.158. The average molecular weight is 757 g/mol. The summed E-state index contributed by atoms with van der Waals surface area (Å²) in [6.45, 7) is 7.94. The van der Waals surface area contributed by atoms with E-state index >= 15 is 0 Å². The summed E-state index contributed by atoms with van der Waals surface area (Å²) in [5.74, 6) is 0.700. The molecule has 0 aliphatic rings. The number of nitrogens with zero attached hydrogens (tertiary/aromatic N) is 4. The highest BCUT2D eigenvalue weighted by molar-refractivity contribution is 7.26. The molecule has 0 saturated heterocycles. The first-order valence-corrected chi connectivity index (χ1v) is 20.1. The highest BCUT2D eigenvalue weighted by Crippen LogP contribution is 2.47. The summed E-state index contributed by atoms with van der Waals surface area (Å²) in [6, 6.07) is 68.1. The smallest absolute Gasteiger partial charge is 0.188 e. The molecule has 3 heterocycles. The summed E-state index contributed by atoms with van der Waals surface area (Å²) >= 11 is 1.74. The van der Waals surface area contributed by atoms with Gasteiger partial charge in [0.05, 0.1) is 39.2 Å². The molecule has 0 unspecified atom stereocenters. The van der Waals surface area contributed by atoms with E-state index in [0.29, 0.717) is 11.5 Å². The van der Waals surface area contributed by atoms with Crippen LogP contribution in [0.25, 0.3) is 109 Å². The lowest BCUT2D eigenvalue weighted by Gasteiger charge is -2.21. The van der Waals surface area contributed by atoms with Crippen LogP contribution in [-0.2, 0) is 0 Å². The Hall–Kier alpha value is -7.65. The van der Waals surface area contributed by atoms with E-state index in [4.69, 9.17) is 16.5 Å². The van der Waals surface area contributed by atoms with E-state index < -0.39 is 0 Å². The Kier molecular flexibility index (Phi) is 8.03. The molecule has 11 aromatic rings. The summed E-state index contributed by atoms with van der Waals surface area (Å²) in [5, 5.41) is 3.27. The molecular weight excluding hydrogens is 725 g/mol. The molecular formula is C53H32N4S. The van der Waals surface area contributed by atoms with Crippen LogP contribution in [0.15, 0.2) is 194 Å². The maximum atomic E-state index is 7.94. The number of hydrogen-bond acceptors (Lipinski definition) is 3. The molecule has 0 fully saturated rings. The number of aromatic nitrogens is 3. The van der Waals surface area contributed by atoms with Gasteiger partial charge in [0.15, 0.2) is 11.5 Å². The van der Waals surface area contributed by atoms with Gasteiger partial charge in [-0.25, -0.2) is 14.8 Å². The first kappa shape index (κ1) is 33.7. The van der Waals surface area contributed by atoms with Crippen molar-refractivity contribution in [1.82, 2.24) is 14.5 Å². The van der Waals surface area contributed by atoms with Crippen molar-refractivity contribution < 1.29 is 0 Å². The Morgan fingerprint density at radius 1 is 0.448 bits per heavy atom. The van der Waals surface area contributed by atoms with E-state index in [9.17, 15) is 0 Å². The van der Waals surface area contributed by atoms with Gasteiger partial charge in [-0.15, -0.1) is 11.3 Å². The average Bonchev–Trinajstić information content (AvgIpc) is 3.84. The third-order valence-corrected chi connectivity index (χ3v) is 12.2. The van der Waals surface area contributed by atoms with Crippen LogP contribution >= 0.6 is 11.3 Å². The predicted octanol–water partition coefficient (Wildman–Crippen LogP) is 14.8. The monoisotopic (exact) mass is 756 g/mol. The lowest BCUT2D eigenvalue weighted by molar-refractivity contribution is 1.18. The molecule has 0 aliphatic heterocycles. The predicted molar refractivity (Wildman–Crippen MR) is 243 cm³/mol. The van der Waals surface area contributed by atoms with Crippen LogP contribution in [0.5, 0.6) is 0 Å². The van der Waals surface area contributed by atoms with E-state index in [2.05, 4.69) is 167 Å². The number of fused-ring (bicyclic) bond motifs is 6. The maximum Gasteiger partial charge on any atom is 0.188 e. The highest BCUT2D eigenvalue weighted by atomic mass is 32.1. The third-order valence-electron chi connectivity index (χ3n) is 11.0. The Balaban J connectivity index is 1.28. The molecule has 58 heavy (non-hydrogen) atoms. The van der Waals surface area contributed by atoms with Crippen molar-refractivity contribution >= 4 is 59.1 Å². The van der Waals surface area contributed by atoms with Crippen molar-refractivity contribution in [2.45, 2.75) is 0 Å². The van der Waals surface area contributed by atoms with E-state index in [0.717, 1.165) is 93.3 Å². The molecule has 4 nitrogen and oxygen atoms in total. The second-order valence-corrected chi connectivity index (χ2v) is 15.5. The van der Waals surface area contributed by atoms with Crippen LogP contribution in [-0.4, -0.2) is 14.5 Å². The SMILES string of the molecule is [C-]#[N+]c1ccc2c(c1)c1cc(-c3ccccc3)ccc1n2-c1c(-c2ccccc2)cc(-c2nc(-c3ccccc3)nc3c2sc2ccccc23)cc1-c1ccccc1. The fourth-order valence-corrected chi connectivity index (χ4v) is 9.48. The number of benzene rings is 8. The zero-order valence-electron chi connectivity index (χ0n) is 31.2. The van der Waals surface area contributed by atoms with E-state index in [-0.39, 0.29) is 0 Å². The topological polar surface area (TPSA) is 35.1 Å². The molecule has 0 aliphatic carbocycles. The van der Waals surface area contributed by atoms with Crippen LogP contribution in [0.2, 0.25) is 0 Å². The Morgan fingerprint density at radius 3 is 1.64 bits per heavy atom. The van der Waals surface area contributed by atoms with Gasteiger partial charge in [0.2, 0.25) is 0 Å². The van der Waals surface area contributed by atoms with Crippen LogP contribution < -0.4 is 0 Å². The second-order valence-electron chi connectivity index (χ2n) is 14.4. The summed E-state index contributed by atoms with van der Waals surface area (Å²) in [7, 11) is 0. The molecule has 0 bridgehead atoms. The van der Waals surface area contributed by atoms with Gasteiger partial charge in [0.25, 0.3) is 0 Å². The molecule has 270 valence electrons. The van der Waals surface area contributed by atoms with Crippen molar-refractivity contribution in [3.63, 3.8) is 0 Å². The van der Waals surface area contributed by atoms with Crippen LogP contribution in [0, 0.1) is 6.57 Å². The molecule has 3 aromatic heterocycles. The first-order valence-electron chi connectivity index (χ1n) is 19.3. The second kappa shape index (κ2) is 13.8. The van der Waals surface area contributed by atoms with Crippen molar-refractivity contribution in [2.24, 2.45) is 0 Å². The minimum Gasteiger partial charge on any atom is -0.308 e. The first-order chi connectivity index (χ1) is 28.7. The third kappa shape index (κ3) is 5.58. The fourth-order valence-electron chi connectivity index (χ4n) is 8.32. The summed E-state index contributed by atoms with van der Waals surface area (Å²) in [5.41, 5.74) is 14.3. The van der Waals surface area contributed by atoms with E-state index in [1.54, 1.807) is 11.3 Å². The summed E-state index contributed by atoms with van der Waals surface area (Å²) in [6.07, 6.45) is 0. The van der Waals surface area contributed by atoms with Crippen molar-refractivity contribution in [3.05, 3.63) is 206 Å². The number of thiophene rings is 1. The minimum absolute atomic E-state index is 0.615. The molecule has 0 amide bonds. The summed E-state index contributed by atoms with van der Waals surface area (Å²) < 4.78 is 4.65. The van der Waals surface area contributed by atoms with Gasteiger partial charge in [-0.2, -0.15) is 0 Å². The lowest BCUT2D eigenvalue weighted by Crippen LogP contribution is -2.02. The van der Waals surface area contributed by atoms with Crippen LogP contribution in [0.1, 0.15) is 0 Å². The molecule has 8 aromatic carbocycles. The fraction of sp³-hybridized carbons (Fsp3) is 0. The zero-order valence-corrected chi connectivity index (χ0v) is 32.0. The van der Waals surface area contributed by atoms with Crippen molar-refractivity contribution in [1.29, 1.82) is 0 Å². The Labute approximate surface area is 339 Å². The van der Waals surface area contributed by atoms with Gasteiger partial charge >= 0.3 is 0 Å². The van der Waals surface area contributed by atoms with Gasteiger partial charge in [-0.05, 0) is 70.1 Å². The van der Waals surface area contributed by atoms with Gasteiger partial charge in [0.1, 0.15) is 0 Å². The molecule has 0 atom stereocenters. The Bertz CT molecular complexity index is 3320. The van der Waals surface area contributed by atoms with Gasteiger partial charge < -0.3 is 4.57 Å². The molecule has 0 N–H and O–H groups in total. The van der Waals surface area contributed by atoms with Crippen LogP contribution in [0.3, 0.4) is 0 Å². The van der Waals surface area contributed by atoms with Gasteiger partial charge in [-0.1, -0.05) is 152 Å². The normalized spacial score (nSPS) is 11.4. The minimum atomic E-state index is 0.615. The van der Waals surface area contributed by atoms with E-state index in [1.807, 2.05) is 36.4 Å². The molecule has 0 spiro atoms. The number of hydrogen-bond donors (Lipinski definition) is 0. The summed E-state index contributed by atoms with van der Waals surface area (Å²) in [4.78, 5) is 14.5. The maximum absolute atomic E-state index is 7.94. The van der Waals surface area contributed by atoms with Crippen molar-refractivity contribution in [2.75, 3.05) is 0 Å². The molecule has 0 radical (unpaired) electrons. The number of rotatable bonds is 6. The van der Waals surface area contributed by atoms with Gasteiger partial charge in [0, 0.05) is 37.7 Å². The van der Waals surface area contributed by atoms with Crippen LogP contribution in [0.4, 0.5) is 5.69 Å². The molecule has 11 rings (SSSR count). The Morgan fingerprint density at radius 2 is 1.00 bits per heavy atom. The van der Waals surface area contributed by atoms with E-state index in [1.165, 1.54) is 4.70 Å².